The molecule has 3 heteroatoms. The van der Waals surface area contributed by atoms with Crippen LogP contribution in [-0.4, -0.2) is 48.8 Å². The first-order valence-electron chi connectivity index (χ1n) is 5.32. The Morgan fingerprint density at radius 3 is 2.92 bits per heavy atom. The quantitative estimate of drug-likeness (QED) is 0.654. The summed E-state index contributed by atoms with van der Waals surface area (Å²) in [5.41, 5.74) is 0. The van der Waals surface area contributed by atoms with Gasteiger partial charge in [0.1, 0.15) is 0 Å². The van der Waals surface area contributed by atoms with E-state index >= 15 is 0 Å². The van der Waals surface area contributed by atoms with Crippen molar-refractivity contribution in [2.75, 3.05) is 26.7 Å². The Hall–Kier alpha value is -0.120. The maximum atomic E-state index is 9.50. The van der Waals surface area contributed by atoms with Crippen molar-refractivity contribution in [3.05, 3.63) is 0 Å². The van der Waals surface area contributed by atoms with E-state index in [-0.39, 0.29) is 6.10 Å². The molecule has 78 valence electrons. The third-order valence-corrected chi connectivity index (χ3v) is 2.66. The Labute approximate surface area is 81.1 Å². The summed E-state index contributed by atoms with van der Waals surface area (Å²) in [6, 6.07) is 0.594. The molecule has 0 bridgehead atoms. The lowest BCUT2D eigenvalue weighted by Crippen LogP contribution is -2.37. The number of likely N-dealkylation sites (N-methyl/N-ethyl adjacent to an activating group) is 1. The molecule has 0 aromatic carbocycles. The second kappa shape index (κ2) is 5.58. The van der Waals surface area contributed by atoms with Gasteiger partial charge in [-0.1, -0.05) is 13.3 Å². The highest BCUT2D eigenvalue weighted by Crippen LogP contribution is 2.06. The number of aliphatic hydroxyl groups is 1. The van der Waals surface area contributed by atoms with Gasteiger partial charge in [0.15, 0.2) is 0 Å². The van der Waals surface area contributed by atoms with Gasteiger partial charge in [0.2, 0.25) is 0 Å². The number of nitrogens with one attached hydrogen (secondary N) is 1. The number of nitrogens with zero attached hydrogens (tertiary/aromatic N) is 1. The van der Waals surface area contributed by atoms with E-state index in [1.165, 1.54) is 13.0 Å². The van der Waals surface area contributed by atoms with Crippen LogP contribution in [0.2, 0.25) is 0 Å². The molecule has 0 aliphatic carbocycles. The summed E-state index contributed by atoms with van der Waals surface area (Å²) in [5.74, 6) is 0. The first-order chi connectivity index (χ1) is 6.22. The van der Waals surface area contributed by atoms with Gasteiger partial charge in [-0.2, -0.15) is 0 Å². The van der Waals surface area contributed by atoms with Gasteiger partial charge in [-0.25, -0.2) is 0 Å². The molecular formula is C10H22N2O. The van der Waals surface area contributed by atoms with Gasteiger partial charge in [-0.15, -0.1) is 0 Å². The third-order valence-electron chi connectivity index (χ3n) is 2.66. The SMILES string of the molecule is CCCC(O)CNC1CCN(C)C1. The van der Waals surface area contributed by atoms with E-state index in [1.807, 2.05) is 0 Å². The fourth-order valence-electron chi connectivity index (χ4n) is 1.84. The van der Waals surface area contributed by atoms with Crippen LogP contribution in [-0.2, 0) is 0 Å². The molecule has 13 heavy (non-hydrogen) atoms. The van der Waals surface area contributed by atoms with Crippen LogP contribution in [0.15, 0.2) is 0 Å². The van der Waals surface area contributed by atoms with Gasteiger partial charge in [0.05, 0.1) is 6.10 Å². The summed E-state index contributed by atoms with van der Waals surface area (Å²) in [6.07, 6.45) is 3.04. The zero-order valence-electron chi connectivity index (χ0n) is 8.79. The maximum absolute atomic E-state index is 9.50. The lowest BCUT2D eigenvalue weighted by Gasteiger charge is -2.15. The largest absolute Gasteiger partial charge is 0.392 e. The Balaban J connectivity index is 2.05. The maximum Gasteiger partial charge on any atom is 0.0664 e. The van der Waals surface area contributed by atoms with Gasteiger partial charge in [-0.3, -0.25) is 0 Å². The average Bonchev–Trinajstić information content (AvgIpc) is 2.49. The topological polar surface area (TPSA) is 35.5 Å². The van der Waals surface area contributed by atoms with Crippen LogP contribution in [0.4, 0.5) is 0 Å². The molecule has 0 aromatic rings. The van der Waals surface area contributed by atoms with E-state index in [4.69, 9.17) is 0 Å². The molecule has 1 aliphatic rings. The van der Waals surface area contributed by atoms with E-state index in [0.717, 1.165) is 25.9 Å². The van der Waals surface area contributed by atoms with Crippen LogP contribution < -0.4 is 5.32 Å². The first-order valence-corrected chi connectivity index (χ1v) is 5.32. The highest BCUT2D eigenvalue weighted by atomic mass is 16.3. The summed E-state index contributed by atoms with van der Waals surface area (Å²) in [6.45, 7) is 5.17. The molecule has 0 amide bonds. The summed E-state index contributed by atoms with van der Waals surface area (Å²) in [7, 11) is 2.14. The fourth-order valence-corrected chi connectivity index (χ4v) is 1.84. The second-order valence-electron chi connectivity index (χ2n) is 4.10. The number of rotatable bonds is 5. The van der Waals surface area contributed by atoms with Crippen molar-refractivity contribution in [2.45, 2.75) is 38.3 Å². The Kier molecular flexibility index (Phi) is 4.70. The standard InChI is InChI=1S/C10H22N2O/c1-3-4-10(13)7-11-9-5-6-12(2)8-9/h9-11,13H,3-8H2,1-2H3. The minimum atomic E-state index is -0.157. The molecule has 0 saturated carbocycles. The van der Waals surface area contributed by atoms with Gasteiger partial charge in [0, 0.05) is 19.1 Å². The Bertz CT molecular complexity index is 141. The van der Waals surface area contributed by atoms with E-state index in [2.05, 4.69) is 24.2 Å². The van der Waals surface area contributed by atoms with Crippen molar-refractivity contribution in [2.24, 2.45) is 0 Å². The van der Waals surface area contributed by atoms with Crippen molar-refractivity contribution in [1.29, 1.82) is 0 Å². The molecule has 2 unspecified atom stereocenters. The Morgan fingerprint density at radius 2 is 2.38 bits per heavy atom. The highest BCUT2D eigenvalue weighted by molar-refractivity contribution is 4.79. The minimum absolute atomic E-state index is 0.157. The van der Waals surface area contributed by atoms with Crippen LogP contribution in [0.1, 0.15) is 26.2 Å². The van der Waals surface area contributed by atoms with E-state index in [0.29, 0.717) is 6.04 Å². The zero-order valence-corrected chi connectivity index (χ0v) is 8.79. The second-order valence-corrected chi connectivity index (χ2v) is 4.10. The molecule has 3 nitrogen and oxygen atoms in total. The molecule has 1 aliphatic heterocycles. The third kappa shape index (κ3) is 4.07. The number of hydrogen-bond acceptors (Lipinski definition) is 3. The van der Waals surface area contributed by atoms with Crippen molar-refractivity contribution in [3.8, 4) is 0 Å². The van der Waals surface area contributed by atoms with Crippen molar-refractivity contribution < 1.29 is 5.11 Å². The lowest BCUT2D eigenvalue weighted by molar-refractivity contribution is 0.156. The molecular weight excluding hydrogens is 164 g/mol. The summed E-state index contributed by atoms with van der Waals surface area (Å²) in [4.78, 5) is 2.32. The van der Waals surface area contributed by atoms with Gasteiger partial charge in [0.25, 0.3) is 0 Å². The summed E-state index contributed by atoms with van der Waals surface area (Å²) < 4.78 is 0. The Morgan fingerprint density at radius 1 is 1.62 bits per heavy atom. The molecule has 0 radical (unpaired) electrons. The van der Waals surface area contributed by atoms with Gasteiger partial charge < -0.3 is 15.3 Å². The van der Waals surface area contributed by atoms with E-state index in [1.54, 1.807) is 0 Å². The van der Waals surface area contributed by atoms with Crippen molar-refractivity contribution in [3.63, 3.8) is 0 Å². The van der Waals surface area contributed by atoms with E-state index < -0.39 is 0 Å². The molecule has 1 saturated heterocycles. The molecule has 1 heterocycles. The molecule has 1 rings (SSSR count). The molecule has 1 fully saturated rings. The van der Waals surface area contributed by atoms with Crippen molar-refractivity contribution >= 4 is 0 Å². The van der Waals surface area contributed by atoms with Crippen LogP contribution in [0.3, 0.4) is 0 Å². The normalized spacial score (nSPS) is 26.5. The van der Waals surface area contributed by atoms with E-state index in [9.17, 15) is 5.11 Å². The van der Waals surface area contributed by atoms with Gasteiger partial charge >= 0.3 is 0 Å². The van der Waals surface area contributed by atoms with Crippen LogP contribution in [0, 0.1) is 0 Å². The van der Waals surface area contributed by atoms with Gasteiger partial charge in [-0.05, 0) is 26.4 Å². The minimum Gasteiger partial charge on any atom is -0.392 e. The summed E-state index contributed by atoms with van der Waals surface area (Å²) in [5, 5.41) is 12.9. The monoisotopic (exact) mass is 186 g/mol. The highest BCUT2D eigenvalue weighted by Gasteiger charge is 2.19. The molecule has 0 spiro atoms. The number of likely N-dealkylation sites (tertiary alicyclic amines) is 1. The zero-order chi connectivity index (χ0) is 9.68. The molecule has 2 N–H and O–H groups in total. The van der Waals surface area contributed by atoms with Crippen molar-refractivity contribution in [1.82, 2.24) is 10.2 Å². The molecule has 0 aromatic heterocycles. The lowest BCUT2D eigenvalue weighted by atomic mass is 10.2. The van der Waals surface area contributed by atoms with Crippen LogP contribution in [0.5, 0.6) is 0 Å². The number of aliphatic hydroxyl groups excluding tert-OH is 1. The molecule has 2 atom stereocenters. The average molecular weight is 186 g/mol. The summed E-state index contributed by atoms with van der Waals surface area (Å²) >= 11 is 0. The van der Waals surface area contributed by atoms with Crippen LogP contribution >= 0.6 is 0 Å². The fraction of sp³-hybridized carbons (Fsp3) is 1.00. The predicted octanol–water partition coefficient (Wildman–Crippen LogP) is 0.441. The predicted molar refractivity (Wildman–Crippen MR) is 54.8 cm³/mol. The smallest absolute Gasteiger partial charge is 0.0664 e. The first kappa shape index (κ1) is 11.0. The number of hydrogen-bond donors (Lipinski definition) is 2. The van der Waals surface area contributed by atoms with Crippen LogP contribution in [0.25, 0.3) is 0 Å².